The molecule has 1 aromatic heterocycles. The van der Waals surface area contributed by atoms with Gasteiger partial charge in [-0.05, 0) is 24.1 Å². The van der Waals surface area contributed by atoms with Crippen molar-refractivity contribution in [2.45, 2.75) is 18.5 Å². The number of hydrogen-bond donors (Lipinski definition) is 2. The molecule has 1 aliphatic carbocycles. The van der Waals surface area contributed by atoms with Crippen molar-refractivity contribution in [1.82, 2.24) is 15.1 Å². The molecular formula is C17H20FN3O. The number of aromatic nitrogens is 2. The van der Waals surface area contributed by atoms with Crippen LogP contribution < -0.4 is 5.32 Å². The summed E-state index contributed by atoms with van der Waals surface area (Å²) in [5, 5.41) is 17.0. The van der Waals surface area contributed by atoms with Crippen LogP contribution in [-0.2, 0) is 7.05 Å². The van der Waals surface area contributed by atoms with E-state index in [9.17, 15) is 9.50 Å². The summed E-state index contributed by atoms with van der Waals surface area (Å²) in [5.74, 6) is -0.0528. The van der Waals surface area contributed by atoms with Gasteiger partial charge < -0.3 is 5.11 Å². The lowest BCUT2D eigenvalue weighted by molar-refractivity contribution is 0.245. The lowest BCUT2D eigenvalue weighted by Crippen LogP contribution is -2.31. The SMILES string of the molecule is Cn1cc([C@@H](N[C@@H]2C=C[C@H](CO)C2)c2cccc(F)c2)cn1. The maximum Gasteiger partial charge on any atom is 0.123 e. The maximum absolute atomic E-state index is 13.6. The summed E-state index contributed by atoms with van der Waals surface area (Å²) in [4.78, 5) is 0. The molecule has 2 aromatic rings. The minimum absolute atomic E-state index is 0.128. The number of aryl methyl sites for hydroxylation is 1. The average Bonchev–Trinajstić information content (AvgIpc) is 3.13. The number of nitrogens with one attached hydrogen (secondary N) is 1. The molecule has 0 spiro atoms. The quantitative estimate of drug-likeness (QED) is 0.832. The van der Waals surface area contributed by atoms with Crippen LogP contribution >= 0.6 is 0 Å². The number of rotatable bonds is 5. The summed E-state index contributed by atoms with van der Waals surface area (Å²) >= 11 is 0. The third kappa shape index (κ3) is 3.26. The highest BCUT2D eigenvalue weighted by Crippen LogP contribution is 2.26. The second kappa shape index (κ2) is 6.42. The van der Waals surface area contributed by atoms with E-state index in [1.807, 2.05) is 25.4 Å². The summed E-state index contributed by atoms with van der Waals surface area (Å²) in [6.45, 7) is 0.159. The van der Waals surface area contributed by atoms with Crippen molar-refractivity contribution in [3.8, 4) is 0 Å². The molecule has 0 bridgehead atoms. The van der Waals surface area contributed by atoms with Crippen LogP contribution in [-0.4, -0.2) is 27.5 Å². The topological polar surface area (TPSA) is 50.1 Å². The molecule has 1 heterocycles. The molecule has 2 N–H and O–H groups in total. The number of aliphatic hydroxyl groups is 1. The van der Waals surface area contributed by atoms with Gasteiger partial charge in [-0.15, -0.1) is 0 Å². The highest BCUT2D eigenvalue weighted by Gasteiger charge is 2.24. The van der Waals surface area contributed by atoms with Crippen LogP contribution in [0.2, 0.25) is 0 Å². The minimum atomic E-state index is -0.247. The first-order valence-electron chi connectivity index (χ1n) is 7.45. The standard InChI is InChI=1S/C17H20FN3O/c1-21-10-14(9-19-21)17(13-3-2-4-15(18)8-13)20-16-6-5-12(7-16)11-22/h2-6,8-10,12,16-17,20,22H,7,11H2,1H3/t12-,16+,17-/m0/s1. The van der Waals surface area contributed by atoms with Crippen LogP contribution in [0.5, 0.6) is 0 Å². The third-order valence-corrected chi connectivity index (χ3v) is 4.03. The zero-order valence-electron chi connectivity index (χ0n) is 12.5. The van der Waals surface area contributed by atoms with E-state index >= 15 is 0 Å². The molecule has 1 aliphatic rings. The molecule has 0 radical (unpaired) electrons. The molecular weight excluding hydrogens is 281 g/mol. The molecule has 3 rings (SSSR count). The van der Waals surface area contributed by atoms with E-state index in [2.05, 4.69) is 16.5 Å². The normalized spacial score (nSPS) is 22.1. The van der Waals surface area contributed by atoms with Crippen molar-refractivity contribution in [2.24, 2.45) is 13.0 Å². The fourth-order valence-corrected chi connectivity index (χ4v) is 2.91. The fraction of sp³-hybridized carbons (Fsp3) is 0.353. The number of hydrogen-bond acceptors (Lipinski definition) is 3. The molecule has 0 fully saturated rings. The van der Waals surface area contributed by atoms with Gasteiger partial charge in [0.1, 0.15) is 5.82 Å². The summed E-state index contributed by atoms with van der Waals surface area (Å²) in [7, 11) is 1.86. The Kier molecular flexibility index (Phi) is 4.36. The maximum atomic E-state index is 13.6. The number of halogens is 1. The van der Waals surface area contributed by atoms with Crippen LogP contribution in [0.3, 0.4) is 0 Å². The van der Waals surface area contributed by atoms with Crippen LogP contribution in [0.15, 0.2) is 48.8 Å². The second-order valence-electron chi connectivity index (χ2n) is 5.77. The summed E-state index contributed by atoms with van der Waals surface area (Å²) < 4.78 is 15.3. The Morgan fingerprint density at radius 3 is 2.91 bits per heavy atom. The van der Waals surface area contributed by atoms with Crippen molar-refractivity contribution in [3.63, 3.8) is 0 Å². The van der Waals surface area contributed by atoms with Gasteiger partial charge in [-0.1, -0.05) is 24.3 Å². The van der Waals surface area contributed by atoms with Gasteiger partial charge in [0.05, 0.1) is 12.2 Å². The minimum Gasteiger partial charge on any atom is -0.396 e. The monoisotopic (exact) mass is 301 g/mol. The zero-order chi connectivity index (χ0) is 15.5. The predicted octanol–water partition coefficient (Wildman–Crippen LogP) is 2.18. The van der Waals surface area contributed by atoms with Gasteiger partial charge >= 0.3 is 0 Å². The van der Waals surface area contributed by atoms with E-state index in [0.717, 1.165) is 17.5 Å². The van der Waals surface area contributed by atoms with E-state index < -0.39 is 0 Å². The fourth-order valence-electron chi connectivity index (χ4n) is 2.91. The number of benzene rings is 1. The second-order valence-corrected chi connectivity index (χ2v) is 5.77. The molecule has 3 atom stereocenters. The Bertz CT molecular complexity index is 667. The third-order valence-electron chi connectivity index (χ3n) is 4.03. The van der Waals surface area contributed by atoms with Crippen molar-refractivity contribution in [1.29, 1.82) is 0 Å². The highest BCUT2D eigenvalue weighted by atomic mass is 19.1. The molecule has 116 valence electrons. The van der Waals surface area contributed by atoms with Crippen molar-refractivity contribution in [2.75, 3.05) is 6.61 Å². The molecule has 0 saturated heterocycles. The molecule has 0 amide bonds. The largest absolute Gasteiger partial charge is 0.396 e. The Labute approximate surface area is 129 Å². The first-order valence-corrected chi connectivity index (χ1v) is 7.45. The smallest absolute Gasteiger partial charge is 0.123 e. The van der Waals surface area contributed by atoms with Crippen molar-refractivity contribution in [3.05, 3.63) is 65.8 Å². The lowest BCUT2D eigenvalue weighted by Gasteiger charge is -2.22. The van der Waals surface area contributed by atoms with E-state index in [0.29, 0.717) is 0 Å². The Hall–Kier alpha value is -1.98. The predicted molar refractivity (Wildman–Crippen MR) is 82.7 cm³/mol. The van der Waals surface area contributed by atoms with Crippen molar-refractivity contribution >= 4 is 0 Å². The molecule has 0 saturated carbocycles. The van der Waals surface area contributed by atoms with Crippen molar-refractivity contribution < 1.29 is 9.50 Å². The lowest BCUT2D eigenvalue weighted by atomic mass is 9.99. The van der Waals surface area contributed by atoms with Crippen LogP contribution in [0.25, 0.3) is 0 Å². The molecule has 22 heavy (non-hydrogen) atoms. The molecule has 4 nitrogen and oxygen atoms in total. The van der Waals surface area contributed by atoms with Crippen LogP contribution in [0.1, 0.15) is 23.6 Å². The molecule has 0 unspecified atom stereocenters. The number of aliphatic hydroxyl groups excluding tert-OH is 1. The Balaban J connectivity index is 1.85. The molecule has 0 aliphatic heterocycles. The number of nitrogens with zero attached hydrogens (tertiary/aromatic N) is 2. The first kappa shape index (κ1) is 14.9. The van der Waals surface area contributed by atoms with E-state index in [1.165, 1.54) is 6.07 Å². The van der Waals surface area contributed by atoms with Gasteiger partial charge in [0.25, 0.3) is 0 Å². The van der Waals surface area contributed by atoms with Crippen LogP contribution in [0.4, 0.5) is 4.39 Å². The van der Waals surface area contributed by atoms with Gasteiger partial charge in [-0.2, -0.15) is 5.10 Å². The van der Waals surface area contributed by atoms with Gasteiger partial charge in [0, 0.05) is 37.4 Å². The average molecular weight is 301 g/mol. The van der Waals surface area contributed by atoms with E-state index in [1.54, 1.807) is 23.0 Å². The van der Waals surface area contributed by atoms with Gasteiger partial charge in [-0.3, -0.25) is 10.00 Å². The first-order chi connectivity index (χ1) is 10.7. The summed E-state index contributed by atoms with van der Waals surface area (Å²) in [6.07, 6.45) is 8.69. The molecule has 5 heteroatoms. The van der Waals surface area contributed by atoms with E-state index in [4.69, 9.17) is 0 Å². The highest BCUT2D eigenvalue weighted by molar-refractivity contribution is 5.30. The van der Waals surface area contributed by atoms with Gasteiger partial charge in [0.2, 0.25) is 0 Å². The Morgan fingerprint density at radius 2 is 2.27 bits per heavy atom. The van der Waals surface area contributed by atoms with Gasteiger partial charge in [0.15, 0.2) is 0 Å². The van der Waals surface area contributed by atoms with E-state index in [-0.39, 0.29) is 30.4 Å². The van der Waals surface area contributed by atoms with Gasteiger partial charge in [-0.25, -0.2) is 4.39 Å². The Morgan fingerprint density at radius 1 is 1.41 bits per heavy atom. The van der Waals surface area contributed by atoms with Crippen LogP contribution in [0, 0.1) is 11.7 Å². The summed E-state index contributed by atoms with van der Waals surface area (Å²) in [5.41, 5.74) is 1.86. The zero-order valence-corrected chi connectivity index (χ0v) is 12.5. The molecule has 1 aromatic carbocycles. The summed E-state index contributed by atoms with van der Waals surface area (Å²) in [6, 6.07) is 6.66.